The number of thioether (sulfide) groups is 2. The Labute approximate surface area is 528 Å². The monoisotopic (exact) mass is 1230 g/mol. The highest BCUT2D eigenvalue weighted by atomic mass is 32.2. The summed E-state index contributed by atoms with van der Waals surface area (Å²) >= 11 is 2.71. The van der Waals surface area contributed by atoms with Gasteiger partial charge in [0.05, 0.1) is 60.3 Å². The summed E-state index contributed by atoms with van der Waals surface area (Å²) in [5, 5.41) is 44.8. The number of nitrogens with zero attached hydrogens (tertiary/aromatic N) is 2. The Morgan fingerprint density at radius 3 is 0.774 bits per heavy atom. The summed E-state index contributed by atoms with van der Waals surface area (Å²) in [5.74, 6) is 0. The molecule has 2 heterocycles. The number of unbranched alkanes of at least 4 members (excludes halogenated alkanes) is 38. The van der Waals surface area contributed by atoms with Crippen LogP contribution in [0.4, 0.5) is 0 Å². The summed E-state index contributed by atoms with van der Waals surface area (Å²) in [7, 11) is 0. The van der Waals surface area contributed by atoms with Crippen molar-refractivity contribution in [3.05, 3.63) is 0 Å². The van der Waals surface area contributed by atoms with Gasteiger partial charge in [0.1, 0.15) is 0 Å². The second-order valence-corrected chi connectivity index (χ2v) is 29.2. The van der Waals surface area contributed by atoms with Gasteiger partial charge >= 0.3 is 0 Å². The van der Waals surface area contributed by atoms with Crippen LogP contribution in [0.25, 0.3) is 0 Å². The lowest BCUT2D eigenvalue weighted by molar-refractivity contribution is -0.111. The SMILES string of the molecule is CCCCCCCCCCCCC(O)CN(CCCCC(=O)SC1COC2C(SC(=O)CCCCN(CC(O)CCCCCCCCCCCC)CC(O)CCCCCCCCCCCC)COC12)CC(O)CCCCCCCCCCCC. The van der Waals surface area contributed by atoms with Crippen molar-refractivity contribution in [1.82, 2.24) is 9.80 Å². The van der Waals surface area contributed by atoms with Crippen LogP contribution in [0.2, 0.25) is 0 Å². The fourth-order valence-electron chi connectivity index (χ4n) is 12.8. The largest absolute Gasteiger partial charge is 0.392 e. The van der Waals surface area contributed by atoms with Gasteiger partial charge in [-0.25, -0.2) is 0 Å². The maximum Gasteiger partial charge on any atom is 0.189 e. The van der Waals surface area contributed by atoms with Gasteiger partial charge in [-0.1, -0.05) is 308 Å². The molecule has 0 aliphatic carbocycles. The summed E-state index contributed by atoms with van der Waals surface area (Å²) in [6.45, 7) is 13.8. The van der Waals surface area contributed by atoms with E-state index in [1.807, 2.05) is 0 Å². The molecule has 84 heavy (non-hydrogen) atoms. The van der Waals surface area contributed by atoms with Crippen molar-refractivity contribution < 1.29 is 39.5 Å². The van der Waals surface area contributed by atoms with Crippen molar-refractivity contribution in [3.8, 4) is 0 Å². The minimum absolute atomic E-state index is 0.0755. The molecule has 8 unspecified atom stereocenters. The smallest absolute Gasteiger partial charge is 0.189 e. The molecule has 0 saturated carbocycles. The zero-order valence-corrected chi connectivity index (χ0v) is 57.4. The molecule has 0 spiro atoms. The summed E-state index contributed by atoms with van der Waals surface area (Å²) < 4.78 is 12.5. The number of carbonyl (C=O) groups is 2. The summed E-state index contributed by atoms with van der Waals surface area (Å²) in [4.78, 5) is 31.3. The predicted molar refractivity (Wildman–Crippen MR) is 363 cm³/mol. The maximum absolute atomic E-state index is 13.4. The van der Waals surface area contributed by atoms with Crippen LogP contribution in [-0.4, -0.2) is 140 Å². The molecule has 0 radical (unpaired) electrons. The van der Waals surface area contributed by atoms with Crippen molar-refractivity contribution in [1.29, 1.82) is 0 Å². The molecule has 2 aliphatic rings. The quantitative estimate of drug-likeness (QED) is 0.0431. The number of rotatable bonds is 64. The van der Waals surface area contributed by atoms with E-state index in [2.05, 4.69) is 37.5 Å². The van der Waals surface area contributed by atoms with E-state index < -0.39 is 24.4 Å². The second-order valence-electron chi connectivity index (χ2n) is 26.6. The molecule has 0 amide bonds. The molecule has 10 nitrogen and oxygen atoms in total. The van der Waals surface area contributed by atoms with Crippen LogP contribution in [0, 0.1) is 0 Å². The van der Waals surface area contributed by atoms with Crippen molar-refractivity contribution in [2.45, 2.75) is 396 Å². The lowest BCUT2D eigenvalue weighted by Gasteiger charge is -2.27. The molecular weight excluding hydrogens is 1080 g/mol. The molecule has 0 aromatic carbocycles. The van der Waals surface area contributed by atoms with Gasteiger partial charge in [0.25, 0.3) is 0 Å². The number of hydrogen-bond acceptors (Lipinski definition) is 12. The van der Waals surface area contributed by atoms with Gasteiger partial charge in [-0.2, -0.15) is 0 Å². The van der Waals surface area contributed by atoms with Gasteiger partial charge in [-0.05, 0) is 64.5 Å². The van der Waals surface area contributed by atoms with E-state index in [0.29, 0.717) is 52.2 Å². The normalized spacial score (nSPS) is 18.5. The zero-order chi connectivity index (χ0) is 60.8. The maximum atomic E-state index is 13.4. The Bertz CT molecular complexity index is 1280. The van der Waals surface area contributed by atoms with Crippen LogP contribution in [-0.2, 0) is 19.1 Å². The number of hydrogen-bond donors (Lipinski definition) is 4. The Kier molecular flexibility index (Phi) is 55.0. The Balaban J connectivity index is 1.77. The number of carbonyl (C=O) groups excluding carboxylic acids is 2. The average molecular weight is 1230 g/mol. The molecule has 0 bridgehead atoms. The van der Waals surface area contributed by atoms with Gasteiger partial charge in [-0.15, -0.1) is 0 Å². The minimum Gasteiger partial charge on any atom is -0.392 e. The molecule has 0 aromatic rings. The van der Waals surface area contributed by atoms with Crippen molar-refractivity contribution >= 4 is 33.8 Å². The first-order chi connectivity index (χ1) is 41.1. The molecule has 0 aromatic heterocycles. The molecule has 2 rings (SSSR count). The molecule has 2 saturated heterocycles. The lowest BCUT2D eigenvalue weighted by Crippen LogP contribution is -2.38. The van der Waals surface area contributed by atoms with E-state index in [4.69, 9.17) is 9.47 Å². The van der Waals surface area contributed by atoms with Crippen LogP contribution in [0.1, 0.15) is 349 Å². The Morgan fingerprint density at radius 2 is 0.548 bits per heavy atom. The molecular formula is C72H140N2O8S2. The molecule has 4 N–H and O–H groups in total. The average Bonchev–Trinajstić information content (AvgIpc) is 3.47. The van der Waals surface area contributed by atoms with E-state index in [0.717, 1.165) is 90.1 Å². The number of aliphatic hydroxyl groups is 4. The second kappa shape index (κ2) is 57.8. The van der Waals surface area contributed by atoms with Crippen molar-refractivity contribution in [3.63, 3.8) is 0 Å². The van der Waals surface area contributed by atoms with E-state index in [-0.39, 0.29) is 32.9 Å². The zero-order valence-electron chi connectivity index (χ0n) is 55.8. The van der Waals surface area contributed by atoms with Crippen LogP contribution in [0.3, 0.4) is 0 Å². The van der Waals surface area contributed by atoms with E-state index in [1.54, 1.807) is 0 Å². The topological polar surface area (TPSA) is 140 Å². The fourth-order valence-corrected chi connectivity index (χ4v) is 15.1. The van der Waals surface area contributed by atoms with Crippen LogP contribution in [0.5, 0.6) is 0 Å². The molecule has 2 aliphatic heterocycles. The number of fused-ring (bicyclic) bond motifs is 1. The third-order valence-electron chi connectivity index (χ3n) is 18.2. The van der Waals surface area contributed by atoms with Crippen LogP contribution >= 0.6 is 23.5 Å². The Morgan fingerprint density at radius 1 is 0.333 bits per heavy atom. The van der Waals surface area contributed by atoms with Gasteiger partial charge in [0, 0.05) is 39.0 Å². The highest BCUT2D eigenvalue weighted by Gasteiger charge is 2.49. The van der Waals surface area contributed by atoms with Gasteiger partial charge in [0.15, 0.2) is 10.2 Å². The van der Waals surface area contributed by atoms with Gasteiger partial charge in [0.2, 0.25) is 0 Å². The first-order valence-corrected chi connectivity index (χ1v) is 38.6. The standard InChI is InChI=1S/C72H140N2O8S2/c1-5-9-13-17-21-25-29-33-37-41-49-63(75)57-73(58-64(76)50-42-38-34-30-26-22-18-14-10-6-2)55-47-45-53-69(79)83-67-61-81-72-68(62-82-71(67)72)84-70(80)54-46-48-56-74(59-65(77)51-43-39-35-31-27-23-19-15-11-7-3)60-66(78)52-44-40-36-32-28-24-20-16-12-8-4/h63-68,71-72,75-78H,5-62H2,1-4H3. The van der Waals surface area contributed by atoms with Gasteiger partial charge in [-0.3, -0.25) is 19.4 Å². The number of ether oxygens (including phenoxy) is 2. The third kappa shape index (κ3) is 45.9. The predicted octanol–water partition coefficient (Wildman–Crippen LogP) is 18.7. The molecule has 2 fully saturated rings. The summed E-state index contributed by atoms with van der Waals surface area (Å²) in [6.07, 6.45) is 56.5. The first-order valence-electron chi connectivity index (χ1n) is 36.9. The Hall–Kier alpha value is -0.280. The third-order valence-corrected chi connectivity index (χ3v) is 20.5. The van der Waals surface area contributed by atoms with E-state index >= 15 is 0 Å². The van der Waals surface area contributed by atoms with Crippen LogP contribution in [0.15, 0.2) is 0 Å². The van der Waals surface area contributed by atoms with Crippen molar-refractivity contribution in [2.75, 3.05) is 52.5 Å². The minimum atomic E-state index is -0.403. The highest BCUT2D eigenvalue weighted by Crippen LogP contribution is 2.40. The number of aliphatic hydroxyl groups excluding tert-OH is 4. The fraction of sp³-hybridized carbons (Fsp3) is 0.972. The highest BCUT2D eigenvalue weighted by molar-refractivity contribution is 8.14. The van der Waals surface area contributed by atoms with Crippen molar-refractivity contribution in [2.24, 2.45) is 0 Å². The van der Waals surface area contributed by atoms with Crippen LogP contribution < -0.4 is 0 Å². The lowest BCUT2D eigenvalue weighted by atomic mass is 10.0. The molecule has 8 atom stereocenters. The molecule has 498 valence electrons. The molecule has 12 heteroatoms. The van der Waals surface area contributed by atoms with E-state index in [1.165, 1.54) is 255 Å². The summed E-state index contributed by atoms with van der Waals surface area (Å²) in [6, 6.07) is 0. The van der Waals surface area contributed by atoms with E-state index in [9.17, 15) is 30.0 Å². The first kappa shape index (κ1) is 79.8. The van der Waals surface area contributed by atoms with Gasteiger partial charge < -0.3 is 29.9 Å². The summed E-state index contributed by atoms with van der Waals surface area (Å²) in [5.41, 5.74) is 0.